The molecule has 1 amide bonds. The molecule has 14 heavy (non-hydrogen) atoms. The molecule has 1 aromatic carbocycles. The van der Waals surface area contributed by atoms with Gasteiger partial charge in [0, 0.05) is 9.86 Å². The van der Waals surface area contributed by atoms with Crippen LogP contribution in [0.1, 0.15) is 10.4 Å². The molecule has 5 heteroatoms. The van der Waals surface area contributed by atoms with Crippen molar-refractivity contribution in [2.75, 3.05) is 0 Å². The molecule has 2 rings (SSSR count). The molecular formula is C9H5BrFNO2. The molecule has 0 atom stereocenters. The predicted molar refractivity (Wildman–Crippen MR) is 52.4 cm³/mol. The Morgan fingerprint density at radius 3 is 2.93 bits per heavy atom. The van der Waals surface area contributed by atoms with Crippen LogP contribution in [-0.2, 0) is 0 Å². The lowest BCUT2D eigenvalue weighted by Gasteiger charge is -2.00. The number of nitrogens with two attached hydrogens (primary N) is 1. The number of carbonyl (C=O) groups excluding carboxylic acids is 1. The molecule has 72 valence electrons. The van der Waals surface area contributed by atoms with Gasteiger partial charge in [0.15, 0.2) is 5.58 Å². The smallest absolute Gasteiger partial charge is 0.255 e. The first-order valence-corrected chi connectivity index (χ1v) is 4.55. The van der Waals surface area contributed by atoms with E-state index in [2.05, 4.69) is 15.9 Å². The summed E-state index contributed by atoms with van der Waals surface area (Å²) in [5.74, 6) is -1.53. The first-order valence-electron chi connectivity index (χ1n) is 3.76. The molecule has 0 aliphatic heterocycles. The standard InChI is InChI=1S/C9H5BrFNO2/c10-5-3-6(11)7(9(12)13)8-4(5)1-2-14-8/h1-3H,(H2,12,13). The molecule has 0 spiro atoms. The molecule has 0 saturated heterocycles. The summed E-state index contributed by atoms with van der Waals surface area (Å²) in [4.78, 5) is 11.0. The maximum absolute atomic E-state index is 13.3. The Labute approximate surface area is 86.8 Å². The summed E-state index contributed by atoms with van der Waals surface area (Å²) >= 11 is 3.16. The lowest BCUT2D eigenvalue weighted by Crippen LogP contribution is -2.13. The van der Waals surface area contributed by atoms with E-state index < -0.39 is 11.7 Å². The molecule has 0 saturated carbocycles. The minimum Gasteiger partial charge on any atom is -0.463 e. The zero-order valence-corrected chi connectivity index (χ0v) is 8.47. The van der Waals surface area contributed by atoms with Crippen LogP contribution < -0.4 is 5.73 Å². The Balaban J connectivity index is 2.93. The Morgan fingerprint density at radius 1 is 1.57 bits per heavy atom. The van der Waals surface area contributed by atoms with Gasteiger partial charge in [-0.1, -0.05) is 0 Å². The maximum Gasteiger partial charge on any atom is 0.255 e. The van der Waals surface area contributed by atoms with Crippen molar-refractivity contribution in [3.05, 3.63) is 34.2 Å². The summed E-state index contributed by atoms with van der Waals surface area (Å²) in [5, 5.41) is 0.625. The Hall–Kier alpha value is -1.36. The second-order valence-corrected chi connectivity index (χ2v) is 3.60. The van der Waals surface area contributed by atoms with Gasteiger partial charge in [0.05, 0.1) is 6.26 Å². The lowest BCUT2D eigenvalue weighted by atomic mass is 10.1. The highest BCUT2D eigenvalue weighted by Crippen LogP contribution is 2.29. The molecule has 0 bridgehead atoms. The third kappa shape index (κ3) is 1.21. The number of benzene rings is 1. The number of primary amides is 1. The van der Waals surface area contributed by atoms with Crippen molar-refractivity contribution in [2.45, 2.75) is 0 Å². The molecule has 0 fully saturated rings. The Kier molecular flexibility index (Phi) is 2.03. The second kappa shape index (κ2) is 3.09. The molecule has 2 aromatic rings. The van der Waals surface area contributed by atoms with Crippen LogP contribution in [0, 0.1) is 5.82 Å². The Bertz CT molecular complexity index is 521. The zero-order chi connectivity index (χ0) is 10.3. The van der Waals surface area contributed by atoms with Crippen LogP contribution in [0.5, 0.6) is 0 Å². The highest BCUT2D eigenvalue weighted by atomic mass is 79.9. The average molecular weight is 258 g/mol. The van der Waals surface area contributed by atoms with Crippen LogP contribution in [0.25, 0.3) is 11.0 Å². The summed E-state index contributed by atoms with van der Waals surface area (Å²) in [7, 11) is 0. The lowest BCUT2D eigenvalue weighted by molar-refractivity contribution is 0.0997. The monoisotopic (exact) mass is 257 g/mol. The van der Waals surface area contributed by atoms with E-state index in [9.17, 15) is 9.18 Å². The van der Waals surface area contributed by atoms with Crippen molar-refractivity contribution in [1.82, 2.24) is 0 Å². The van der Waals surface area contributed by atoms with Gasteiger partial charge in [0.1, 0.15) is 11.4 Å². The number of furan rings is 1. The van der Waals surface area contributed by atoms with E-state index in [0.717, 1.165) is 0 Å². The molecule has 0 aliphatic carbocycles. The highest BCUT2D eigenvalue weighted by molar-refractivity contribution is 9.10. The number of rotatable bonds is 1. The SMILES string of the molecule is NC(=O)c1c(F)cc(Br)c2ccoc12. The van der Waals surface area contributed by atoms with Gasteiger partial charge in [-0.05, 0) is 28.1 Å². The topological polar surface area (TPSA) is 56.2 Å². The van der Waals surface area contributed by atoms with E-state index >= 15 is 0 Å². The molecule has 1 heterocycles. The number of hydrogen-bond donors (Lipinski definition) is 1. The van der Waals surface area contributed by atoms with Crippen molar-refractivity contribution in [1.29, 1.82) is 0 Å². The van der Waals surface area contributed by atoms with Gasteiger partial charge in [-0.25, -0.2) is 4.39 Å². The summed E-state index contributed by atoms with van der Waals surface area (Å²) in [6.45, 7) is 0. The quantitative estimate of drug-likeness (QED) is 0.853. The summed E-state index contributed by atoms with van der Waals surface area (Å²) in [6, 6.07) is 2.82. The van der Waals surface area contributed by atoms with Crippen molar-refractivity contribution in [3.63, 3.8) is 0 Å². The largest absolute Gasteiger partial charge is 0.463 e. The van der Waals surface area contributed by atoms with E-state index in [4.69, 9.17) is 10.2 Å². The molecule has 0 radical (unpaired) electrons. The fraction of sp³-hybridized carbons (Fsp3) is 0. The first-order chi connectivity index (χ1) is 6.61. The van der Waals surface area contributed by atoms with Crippen molar-refractivity contribution in [3.8, 4) is 0 Å². The van der Waals surface area contributed by atoms with Crippen molar-refractivity contribution in [2.24, 2.45) is 5.73 Å². The van der Waals surface area contributed by atoms with E-state index in [1.54, 1.807) is 6.07 Å². The maximum atomic E-state index is 13.3. The Morgan fingerprint density at radius 2 is 2.29 bits per heavy atom. The van der Waals surface area contributed by atoms with Crippen LogP contribution in [0.15, 0.2) is 27.3 Å². The number of fused-ring (bicyclic) bond motifs is 1. The predicted octanol–water partition coefficient (Wildman–Crippen LogP) is 2.43. The van der Waals surface area contributed by atoms with Crippen LogP contribution in [0.2, 0.25) is 0 Å². The third-order valence-corrected chi connectivity index (χ3v) is 2.54. The van der Waals surface area contributed by atoms with E-state index in [0.29, 0.717) is 9.86 Å². The second-order valence-electron chi connectivity index (χ2n) is 2.74. The summed E-state index contributed by atoms with van der Waals surface area (Å²) in [6.07, 6.45) is 1.38. The van der Waals surface area contributed by atoms with Gasteiger partial charge in [-0.15, -0.1) is 0 Å². The van der Waals surface area contributed by atoms with Crippen LogP contribution >= 0.6 is 15.9 Å². The van der Waals surface area contributed by atoms with E-state index in [1.807, 2.05) is 0 Å². The van der Waals surface area contributed by atoms with Gasteiger partial charge in [-0.2, -0.15) is 0 Å². The van der Waals surface area contributed by atoms with Gasteiger partial charge in [-0.3, -0.25) is 4.79 Å². The fourth-order valence-electron chi connectivity index (χ4n) is 1.29. The fourth-order valence-corrected chi connectivity index (χ4v) is 1.80. The number of halogens is 2. The molecule has 0 unspecified atom stereocenters. The van der Waals surface area contributed by atoms with Crippen LogP contribution in [-0.4, -0.2) is 5.91 Å². The van der Waals surface area contributed by atoms with Crippen molar-refractivity contribution >= 4 is 32.8 Å². The van der Waals surface area contributed by atoms with Crippen molar-refractivity contribution < 1.29 is 13.6 Å². The normalized spacial score (nSPS) is 10.7. The van der Waals surface area contributed by atoms with Gasteiger partial charge in [0.25, 0.3) is 5.91 Å². The van der Waals surface area contributed by atoms with Gasteiger partial charge in [0.2, 0.25) is 0 Å². The van der Waals surface area contributed by atoms with Gasteiger partial charge < -0.3 is 10.2 Å². The molecule has 3 nitrogen and oxygen atoms in total. The zero-order valence-electron chi connectivity index (χ0n) is 6.88. The molecular weight excluding hydrogens is 253 g/mol. The summed E-state index contributed by atoms with van der Waals surface area (Å²) in [5.41, 5.74) is 4.99. The van der Waals surface area contributed by atoms with Crippen LogP contribution in [0.3, 0.4) is 0 Å². The highest BCUT2D eigenvalue weighted by Gasteiger charge is 2.17. The van der Waals surface area contributed by atoms with E-state index in [-0.39, 0.29) is 11.1 Å². The van der Waals surface area contributed by atoms with E-state index in [1.165, 1.54) is 12.3 Å². The van der Waals surface area contributed by atoms with Gasteiger partial charge >= 0.3 is 0 Å². The minimum atomic E-state index is -0.838. The average Bonchev–Trinajstić information content (AvgIpc) is 2.51. The molecule has 0 aliphatic rings. The number of amides is 1. The summed E-state index contributed by atoms with van der Waals surface area (Å²) < 4.78 is 18.9. The number of carbonyl (C=O) groups is 1. The first kappa shape index (κ1) is 9.21. The minimum absolute atomic E-state index is 0.171. The number of hydrogen-bond acceptors (Lipinski definition) is 2. The third-order valence-electron chi connectivity index (χ3n) is 1.89. The van der Waals surface area contributed by atoms with Crippen LogP contribution in [0.4, 0.5) is 4.39 Å². The molecule has 2 N–H and O–H groups in total. The molecule has 1 aromatic heterocycles.